The van der Waals surface area contributed by atoms with Crippen LogP contribution in [0.3, 0.4) is 0 Å². The fourth-order valence-corrected chi connectivity index (χ4v) is 3.49. The molecule has 1 aromatic heterocycles. The number of hydrogen-bond acceptors (Lipinski definition) is 1. The van der Waals surface area contributed by atoms with Crippen molar-refractivity contribution in [2.45, 2.75) is 58.8 Å². The predicted octanol–water partition coefficient (Wildman–Crippen LogP) is 7.49. The fraction of sp³-hybridized carbons (Fsp3) is 0.346. The summed E-state index contributed by atoms with van der Waals surface area (Å²) in [7, 11) is 0. The summed E-state index contributed by atoms with van der Waals surface area (Å²) in [5.41, 5.74) is 7.53. The number of hydrogen-bond donors (Lipinski definition) is 0. The van der Waals surface area contributed by atoms with Gasteiger partial charge in [-0.2, -0.15) is 0 Å². The lowest BCUT2D eigenvalue weighted by molar-refractivity contribution is 0.667. The topological polar surface area (TPSA) is 12.9 Å². The summed E-state index contributed by atoms with van der Waals surface area (Å²) >= 11 is 0. The standard InChI is InChI=1S/C26H31N/c1-3-5-6-7-9-21-10-13-23(14-11-21)24-15-17-25(18-16-24)26-19-12-22(8-4-2)20-27-26/h10-20H,3-9H2,1-2H3. The van der Waals surface area contributed by atoms with E-state index in [2.05, 4.69) is 79.5 Å². The van der Waals surface area contributed by atoms with Gasteiger partial charge in [0.25, 0.3) is 0 Å². The average molecular weight is 358 g/mol. The monoisotopic (exact) mass is 357 g/mol. The first-order valence-corrected chi connectivity index (χ1v) is 10.4. The molecule has 0 spiro atoms. The zero-order valence-electron chi connectivity index (χ0n) is 16.7. The van der Waals surface area contributed by atoms with Crippen molar-refractivity contribution in [3.05, 3.63) is 78.0 Å². The molecule has 0 aliphatic rings. The molecule has 1 heteroatoms. The number of unbranched alkanes of at least 4 members (excludes halogenated alkanes) is 3. The molecule has 3 aromatic rings. The molecular weight excluding hydrogens is 326 g/mol. The molecular formula is C26H31N. The third-order valence-corrected chi connectivity index (χ3v) is 5.15. The Bertz CT molecular complexity index is 798. The molecule has 0 bridgehead atoms. The molecule has 140 valence electrons. The molecule has 0 unspecified atom stereocenters. The van der Waals surface area contributed by atoms with Crippen LogP contribution < -0.4 is 0 Å². The lowest BCUT2D eigenvalue weighted by Crippen LogP contribution is -1.88. The molecule has 0 N–H and O–H groups in total. The van der Waals surface area contributed by atoms with E-state index < -0.39 is 0 Å². The van der Waals surface area contributed by atoms with Gasteiger partial charge < -0.3 is 0 Å². The minimum atomic E-state index is 1.05. The van der Waals surface area contributed by atoms with Gasteiger partial charge in [-0.1, -0.05) is 94.1 Å². The zero-order chi connectivity index (χ0) is 18.9. The van der Waals surface area contributed by atoms with Gasteiger partial charge in [0.1, 0.15) is 0 Å². The highest BCUT2D eigenvalue weighted by Gasteiger charge is 2.03. The fourth-order valence-electron chi connectivity index (χ4n) is 3.49. The smallest absolute Gasteiger partial charge is 0.0702 e. The molecule has 0 aliphatic carbocycles. The maximum absolute atomic E-state index is 4.62. The minimum absolute atomic E-state index is 1.05. The van der Waals surface area contributed by atoms with Crippen molar-refractivity contribution in [3.63, 3.8) is 0 Å². The van der Waals surface area contributed by atoms with Gasteiger partial charge in [-0.25, -0.2) is 0 Å². The van der Waals surface area contributed by atoms with E-state index in [-0.39, 0.29) is 0 Å². The number of rotatable bonds is 9. The molecule has 3 rings (SSSR count). The van der Waals surface area contributed by atoms with Crippen molar-refractivity contribution in [1.82, 2.24) is 4.98 Å². The Morgan fingerprint density at radius 3 is 1.78 bits per heavy atom. The summed E-state index contributed by atoms with van der Waals surface area (Å²) in [4.78, 5) is 4.62. The van der Waals surface area contributed by atoms with Gasteiger partial charge in [0.05, 0.1) is 5.69 Å². The summed E-state index contributed by atoms with van der Waals surface area (Å²) in [5.74, 6) is 0. The van der Waals surface area contributed by atoms with E-state index in [0.29, 0.717) is 0 Å². The Kier molecular flexibility index (Phi) is 7.21. The molecule has 0 aliphatic heterocycles. The second kappa shape index (κ2) is 10.1. The zero-order valence-corrected chi connectivity index (χ0v) is 16.7. The summed E-state index contributed by atoms with van der Waals surface area (Å²) in [6.07, 6.45) is 10.7. The van der Waals surface area contributed by atoms with Crippen molar-refractivity contribution < 1.29 is 0 Å². The van der Waals surface area contributed by atoms with E-state index in [1.54, 1.807) is 0 Å². The summed E-state index contributed by atoms with van der Waals surface area (Å²) in [6.45, 7) is 4.46. The molecule has 1 heterocycles. The maximum Gasteiger partial charge on any atom is 0.0702 e. The number of aromatic nitrogens is 1. The second-order valence-corrected chi connectivity index (χ2v) is 7.39. The normalized spacial score (nSPS) is 10.9. The van der Waals surface area contributed by atoms with Gasteiger partial charge in [0.15, 0.2) is 0 Å². The first-order valence-electron chi connectivity index (χ1n) is 10.4. The number of nitrogens with zero attached hydrogens (tertiary/aromatic N) is 1. The van der Waals surface area contributed by atoms with Crippen molar-refractivity contribution in [1.29, 1.82) is 0 Å². The Hall–Kier alpha value is -2.41. The van der Waals surface area contributed by atoms with Crippen LogP contribution in [0.2, 0.25) is 0 Å². The molecule has 2 aromatic carbocycles. The van der Waals surface area contributed by atoms with Crippen LogP contribution in [0.15, 0.2) is 66.9 Å². The van der Waals surface area contributed by atoms with Gasteiger partial charge in [-0.15, -0.1) is 0 Å². The molecule has 1 nitrogen and oxygen atoms in total. The highest BCUT2D eigenvalue weighted by atomic mass is 14.7. The van der Waals surface area contributed by atoms with Gasteiger partial charge in [0, 0.05) is 11.8 Å². The van der Waals surface area contributed by atoms with Gasteiger partial charge in [0.2, 0.25) is 0 Å². The summed E-state index contributed by atoms with van der Waals surface area (Å²) in [6, 6.07) is 22.1. The van der Waals surface area contributed by atoms with E-state index in [1.165, 1.54) is 59.9 Å². The van der Waals surface area contributed by atoms with Crippen LogP contribution in [0.1, 0.15) is 57.1 Å². The summed E-state index contributed by atoms with van der Waals surface area (Å²) < 4.78 is 0. The van der Waals surface area contributed by atoms with E-state index in [4.69, 9.17) is 0 Å². The first-order chi connectivity index (χ1) is 13.3. The molecule has 0 fully saturated rings. The van der Waals surface area contributed by atoms with Gasteiger partial charge >= 0.3 is 0 Å². The lowest BCUT2D eigenvalue weighted by Gasteiger charge is -2.07. The van der Waals surface area contributed by atoms with Gasteiger partial charge in [-0.3, -0.25) is 4.98 Å². The minimum Gasteiger partial charge on any atom is -0.256 e. The lowest BCUT2D eigenvalue weighted by atomic mass is 9.99. The third-order valence-electron chi connectivity index (χ3n) is 5.15. The highest BCUT2D eigenvalue weighted by Crippen LogP contribution is 2.25. The quantitative estimate of drug-likeness (QED) is 0.361. The number of pyridine rings is 1. The average Bonchev–Trinajstić information content (AvgIpc) is 2.73. The highest BCUT2D eigenvalue weighted by molar-refractivity contribution is 5.69. The van der Waals surface area contributed by atoms with E-state index in [0.717, 1.165) is 18.5 Å². The second-order valence-electron chi connectivity index (χ2n) is 7.39. The Morgan fingerprint density at radius 1 is 0.556 bits per heavy atom. The van der Waals surface area contributed by atoms with Crippen LogP contribution in [-0.4, -0.2) is 4.98 Å². The number of aryl methyl sites for hydroxylation is 2. The Morgan fingerprint density at radius 2 is 1.19 bits per heavy atom. The van der Waals surface area contributed by atoms with Crippen molar-refractivity contribution in [2.24, 2.45) is 0 Å². The van der Waals surface area contributed by atoms with E-state index in [1.807, 2.05) is 6.20 Å². The maximum atomic E-state index is 4.62. The van der Waals surface area contributed by atoms with Crippen LogP contribution in [0.25, 0.3) is 22.4 Å². The molecule has 0 atom stereocenters. The van der Waals surface area contributed by atoms with Crippen molar-refractivity contribution >= 4 is 0 Å². The number of benzene rings is 2. The molecule has 0 saturated heterocycles. The summed E-state index contributed by atoms with van der Waals surface area (Å²) in [5, 5.41) is 0. The van der Waals surface area contributed by atoms with E-state index in [9.17, 15) is 0 Å². The van der Waals surface area contributed by atoms with Crippen molar-refractivity contribution in [2.75, 3.05) is 0 Å². The van der Waals surface area contributed by atoms with Gasteiger partial charge in [-0.05, 0) is 47.6 Å². The first kappa shape index (κ1) is 19.4. The van der Waals surface area contributed by atoms with Crippen LogP contribution in [0, 0.1) is 0 Å². The SMILES string of the molecule is CCCCCCc1ccc(-c2ccc(-c3ccc(CCC)cn3)cc2)cc1. The molecule has 0 amide bonds. The van der Waals surface area contributed by atoms with Crippen LogP contribution >= 0.6 is 0 Å². The van der Waals surface area contributed by atoms with Crippen LogP contribution in [-0.2, 0) is 12.8 Å². The molecule has 0 radical (unpaired) electrons. The van der Waals surface area contributed by atoms with Crippen LogP contribution in [0.4, 0.5) is 0 Å². The molecule has 27 heavy (non-hydrogen) atoms. The molecule has 0 saturated carbocycles. The Labute approximate surface area is 164 Å². The van der Waals surface area contributed by atoms with Crippen LogP contribution in [0.5, 0.6) is 0 Å². The van der Waals surface area contributed by atoms with E-state index >= 15 is 0 Å². The predicted molar refractivity (Wildman–Crippen MR) is 117 cm³/mol. The third kappa shape index (κ3) is 5.53. The Balaban J connectivity index is 1.64. The largest absolute Gasteiger partial charge is 0.256 e. The van der Waals surface area contributed by atoms with Crippen molar-refractivity contribution in [3.8, 4) is 22.4 Å².